The molecule has 630 valence electrons. The van der Waals surface area contributed by atoms with Crippen molar-refractivity contribution in [2.24, 2.45) is 0 Å². The van der Waals surface area contributed by atoms with Gasteiger partial charge in [0.25, 0.3) is 17.6 Å². The number of nitrogens with two attached hydrogens (primary N) is 1. The molecule has 4 saturated heterocycles. The number of carbonyl (C=O) groups is 1. The second-order valence-electron chi connectivity index (χ2n) is 27.2. The zero-order chi connectivity index (χ0) is 80.1. The summed E-state index contributed by atoms with van der Waals surface area (Å²) in [5.41, 5.74) is 12.3. The molecule has 39 heteroatoms. The van der Waals surface area contributed by atoms with Crippen molar-refractivity contribution in [3.8, 4) is 46.5 Å². The molecule has 115 heavy (non-hydrogen) atoms. The number of ether oxygens (including phenoxy) is 8. The number of rotatable bonds is 12. The van der Waals surface area contributed by atoms with E-state index in [-0.39, 0.29) is 98.2 Å². The standard InChI is InChI=1S/C18H24N6O.C16H21N3O5.C13H17N3O3.C13H19N3O.C9H7Cl2NO3.C6H7ClN2.CH4O.4H2S/c1-3-23-6-7-24-14(10-23)11-25-16-8-13(4-5-15(16)24)22-18-9-17(19-2)20-12-21-18;1-16(2,3)24-15(20)17-6-7-18-12(9-17)10-23-14-8-11(19(21)22)4-5-13(14)18;1-2-14-5-6-15-11(8-14)9-19-13-7-10(16(17)18)3-4-12(13)15;1-2-15-5-6-16-11(8-15)9-17-13-7-10(14)3-4-12(13)16;1-13-5-3-6(14-2)8(11)9(7(5)10)15-4-12;1-2-5-3-6(7)9-4-8-5;1-2;;;;/h4-5,8-9,12,14H,3,6-7,10-11H2,1-2H3,(H2,19,20,21,22);4-5,8,12H,6-7,9-10H2,1-3H3;3-4,7,11H,2,5-6,8-9H2,1H3;3-4,7,11H,2,5-6,8-9,14H2,1H3;3H,1-2H3;3-4H,2H2,1H3;2H,1H3;4*1H2/t14-;12-;2*11-;;;;;;;/m0000......./s1. The number of nitrogen functional groups attached to an aromatic ring is 1. The molecule has 8 aliphatic rings. The molecule has 5 aromatic carbocycles. The number of hydrogen-bond acceptors (Lipinski definition) is 29. The van der Waals surface area contributed by atoms with E-state index in [1.807, 2.05) is 52.9 Å². The molecule has 32 nitrogen and oxygen atoms in total. The number of nitro benzene ring substituents is 2. The molecule has 4 fully saturated rings. The van der Waals surface area contributed by atoms with Crippen LogP contribution in [0.1, 0.15) is 54.2 Å². The molecule has 15 rings (SSSR count). The number of nitriles is 1. The number of nitrogens with one attached hydrogen (secondary N) is 2. The smallest absolute Gasteiger partial charge is 0.410 e. The number of non-ortho nitro benzene ring substituents is 2. The fraction of sp³-hybridized carbons (Fsp3) is 0.474. The highest BCUT2D eigenvalue weighted by Gasteiger charge is 2.39. The Morgan fingerprint density at radius 2 is 1.00 bits per heavy atom. The van der Waals surface area contributed by atoms with Crippen LogP contribution in [0.3, 0.4) is 0 Å². The largest absolute Gasteiger partial charge is 0.495 e. The van der Waals surface area contributed by atoms with Crippen molar-refractivity contribution >= 4 is 152 Å². The van der Waals surface area contributed by atoms with Gasteiger partial charge < -0.3 is 83.9 Å². The lowest BCUT2D eigenvalue weighted by Gasteiger charge is -2.45. The van der Waals surface area contributed by atoms with Crippen LogP contribution >= 0.6 is 88.8 Å². The summed E-state index contributed by atoms with van der Waals surface area (Å²) in [4.78, 5) is 67.6. The van der Waals surface area contributed by atoms with E-state index in [9.17, 15) is 25.0 Å². The van der Waals surface area contributed by atoms with Gasteiger partial charge in [-0.2, -0.15) is 54.0 Å². The second kappa shape index (κ2) is 46.2. The summed E-state index contributed by atoms with van der Waals surface area (Å²) in [6, 6.07) is 28.2. The van der Waals surface area contributed by atoms with Crippen LogP contribution in [-0.2, 0) is 11.2 Å². The van der Waals surface area contributed by atoms with Crippen molar-refractivity contribution in [1.29, 1.82) is 5.26 Å². The van der Waals surface area contributed by atoms with Crippen molar-refractivity contribution in [2.75, 3.05) is 189 Å². The molecule has 10 heterocycles. The summed E-state index contributed by atoms with van der Waals surface area (Å²) in [5, 5.41) is 44.2. The fourth-order valence-electron chi connectivity index (χ4n) is 13.6. The molecule has 0 radical (unpaired) electrons. The molecule has 0 spiro atoms. The number of likely N-dealkylation sites (N-methyl/N-ethyl adjacent to an activating group) is 3. The van der Waals surface area contributed by atoms with Crippen LogP contribution in [0.25, 0.3) is 0 Å². The van der Waals surface area contributed by atoms with Crippen LogP contribution < -0.4 is 69.1 Å². The number of amides is 1. The number of nitro groups is 2. The number of halogens is 3. The molecule has 0 aliphatic carbocycles. The van der Waals surface area contributed by atoms with Gasteiger partial charge in [-0.05, 0) is 89.3 Å². The van der Waals surface area contributed by atoms with E-state index in [4.69, 9.17) is 84.1 Å². The maximum atomic E-state index is 12.2. The summed E-state index contributed by atoms with van der Waals surface area (Å²) in [5.74, 6) is 5.23. The topological polar surface area (TPSA) is 349 Å². The SMILES string of the molecule is CC(C)(C)OC(=O)N1CCN2c3ccc([N+](=O)[O-])cc3OC[C@@H]2C1.CCN1CCN2c3ccc(N)cc3OC[C@@H]2C1.CCN1CCN2c3ccc(Nc4cc(NC)ncn4)cc3OC[C@@H]2C1.CCN1CCN2c3ccc([N+](=O)[O-])cc3OC[C@@H]2C1.CCc1cc(Cl)ncn1.CO.COc1cc(OC)c(Cl)c(OC#N)c1Cl.S.S.S.S. The van der Waals surface area contributed by atoms with Crippen LogP contribution in [-0.4, -0.2) is 243 Å². The van der Waals surface area contributed by atoms with E-state index in [1.165, 1.54) is 62.4 Å². The summed E-state index contributed by atoms with van der Waals surface area (Å²) in [7, 11) is 5.71. The van der Waals surface area contributed by atoms with Gasteiger partial charge in [0.15, 0.2) is 5.75 Å². The summed E-state index contributed by atoms with van der Waals surface area (Å²) >= 11 is 17.3. The number of carbonyl (C=O) groups excluding carboxylic acids is 1. The van der Waals surface area contributed by atoms with E-state index in [0.29, 0.717) is 79.1 Å². The number of piperazine rings is 4. The molecule has 1 amide bonds. The van der Waals surface area contributed by atoms with Crippen molar-refractivity contribution in [3.63, 3.8) is 0 Å². The van der Waals surface area contributed by atoms with Gasteiger partial charge in [-0.15, -0.1) is 5.26 Å². The third-order valence-corrected chi connectivity index (χ3v) is 20.2. The molecule has 4 atom stereocenters. The second-order valence-corrected chi connectivity index (χ2v) is 28.4. The summed E-state index contributed by atoms with van der Waals surface area (Å²) in [6.07, 6.45) is 5.09. The minimum Gasteiger partial charge on any atom is -0.495 e. The van der Waals surface area contributed by atoms with E-state index in [2.05, 4.69) is 115 Å². The van der Waals surface area contributed by atoms with Gasteiger partial charge in [-0.3, -0.25) is 34.9 Å². The Hall–Kier alpha value is -8.87. The number of benzene rings is 5. The van der Waals surface area contributed by atoms with E-state index >= 15 is 0 Å². The Bertz CT molecular complexity index is 4330. The van der Waals surface area contributed by atoms with E-state index in [0.717, 1.165) is 157 Å². The number of anilines is 8. The quantitative estimate of drug-likeness (QED) is 0.0290. The number of fused-ring (bicyclic) bond motifs is 12. The monoisotopic (exact) mass is 1730 g/mol. The molecule has 8 aliphatic heterocycles. The Labute approximate surface area is 714 Å². The van der Waals surface area contributed by atoms with E-state index < -0.39 is 10.5 Å². The van der Waals surface area contributed by atoms with Crippen LogP contribution in [0, 0.1) is 31.7 Å². The Morgan fingerprint density at radius 1 is 0.583 bits per heavy atom. The van der Waals surface area contributed by atoms with Gasteiger partial charge in [-0.25, -0.2) is 24.7 Å². The Balaban J connectivity index is 0.000000249. The first-order chi connectivity index (χ1) is 53.4. The van der Waals surface area contributed by atoms with Crippen LogP contribution in [0.5, 0.6) is 40.2 Å². The zero-order valence-corrected chi connectivity index (χ0v) is 72.7. The van der Waals surface area contributed by atoms with Crippen molar-refractivity contribution in [2.45, 2.75) is 84.7 Å². The average molecular weight is 1730 g/mol. The van der Waals surface area contributed by atoms with Gasteiger partial charge >= 0.3 is 6.09 Å². The highest BCUT2D eigenvalue weighted by molar-refractivity contribution is 7.59. The first-order valence-corrected chi connectivity index (χ1v) is 37.8. The van der Waals surface area contributed by atoms with Crippen LogP contribution in [0.2, 0.25) is 15.2 Å². The van der Waals surface area contributed by atoms with Crippen molar-refractivity contribution in [1.82, 2.24) is 39.5 Å². The first kappa shape index (κ1) is 96.7. The minimum atomic E-state index is -0.525. The minimum absolute atomic E-state index is 0. The van der Waals surface area contributed by atoms with Crippen LogP contribution in [0.15, 0.2) is 104 Å². The van der Waals surface area contributed by atoms with Gasteiger partial charge in [0.2, 0.25) is 0 Å². The van der Waals surface area contributed by atoms with Gasteiger partial charge in [0.1, 0.15) is 106 Å². The summed E-state index contributed by atoms with van der Waals surface area (Å²) in [6.45, 7) is 31.1. The number of aryl methyl sites for hydroxylation is 1. The fourth-order valence-corrected chi connectivity index (χ4v) is 14.3. The maximum Gasteiger partial charge on any atom is 0.410 e. The molecule has 0 unspecified atom stereocenters. The molecule has 7 aromatic rings. The molecular weight excluding hydrogens is 1620 g/mol. The van der Waals surface area contributed by atoms with E-state index in [1.54, 1.807) is 35.5 Å². The third-order valence-electron chi connectivity index (χ3n) is 19.3. The number of aliphatic hydroxyl groups is 1. The molecule has 0 saturated carbocycles. The lowest BCUT2D eigenvalue weighted by Crippen LogP contribution is -2.59. The van der Waals surface area contributed by atoms with Crippen molar-refractivity contribution in [3.05, 3.63) is 145 Å². The Morgan fingerprint density at radius 3 is 1.41 bits per heavy atom. The number of nitrogens with zero attached hydrogens (tertiary/aromatic N) is 15. The van der Waals surface area contributed by atoms with Gasteiger partial charge in [-0.1, -0.05) is 62.5 Å². The highest BCUT2D eigenvalue weighted by Crippen LogP contribution is 2.47. The molecule has 0 bridgehead atoms. The van der Waals surface area contributed by atoms with Gasteiger partial charge in [0, 0.05) is 146 Å². The first-order valence-electron chi connectivity index (χ1n) is 36.6. The molecule has 2 aromatic heterocycles. The highest BCUT2D eigenvalue weighted by atomic mass is 35.5. The van der Waals surface area contributed by atoms with Crippen LogP contribution in [0.4, 0.5) is 61.9 Å². The lowest BCUT2D eigenvalue weighted by atomic mass is 10.1. The average Bonchev–Trinajstić information content (AvgIpc) is 0.798. The predicted octanol–water partition coefficient (Wildman–Crippen LogP) is 11.9. The zero-order valence-electron chi connectivity index (χ0n) is 66.4. The Kier molecular flexibility index (Phi) is 38.8. The number of methoxy groups -OCH3 is 2. The number of hydrogen-bond donors (Lipinski definition) is 4. The molecule has 5 N–H and O–H groups in total. The summed E-state index contributed by atoms with van der Waals surface area (Å²) < 4.78 is 43.3. The van der Waals surface area contributed by atoms with Gasteiger partial charge in [0.05, 0.1) is 83.1 Å². The predicted molar refractivity (Wildman–Crippen MR) is 471 cm³/mol. The lowest BCUT2D eigenvalue weighted by molar-refractivity contribution is -0.385. The van der Waals surface area contributed by atoms with Crippen molar-refractivity contribution < 1.29 is 57.6 Å². The maximum absolute atomic E-state index is 12.2. The number of aromatic nitrogens is 4. The molecular formula is C76H107Cl3N18O14S4. The third kappa shape index (κ3) is 25.6. The normalized spacial score (nSPS) is 17.6. The number of aliphatic hydroxyl groups excluding tert-OH is 1.